The first-order chi connectivity index (χ1) is 10.7. The van der Waals surface area contributed by atoms with Gasteiger partial charge in [0, 0.05) is 16.3 Å². The Bertz CT molecular complexity index is 816. The lowest BCUT2D eigenvalue weighted by atomic mass is 10.1. The fraction of sp³-hybridized carbons (Fsp3) is 0.188. The van der Waals surface area contributed by atoms with E-state index in [4.69, 9.17) is 4.74 Å². The molecule has 0 bridgehead atoms. The molecule has 4 nitrogen and oxygen atoms in total. The van der Waals surface area contributed by atoms with E-state index in [9.17, 15) is 17.6 Å². The second-order valence-electron chi connectivity index (χ2n) is 5.08. The Labute approximate surface area is 142 Å². The lowest BCUT2D eigenvalue weighted by Gasteiger charge is -2.07. The number of sulfone groups is 1. The monoisotopic (exact) mass is 400 g/mol. The maximum absolute atomic E-state index is 13.6. The molecule has 0 heterocycles. The van der Waals surface area contributed by atoms with Crippen LogP contribution in [0, 0.1) is 5.82 Å². The van der Waals surface area contributed by atoms with Gasteiger partial charge in [-0.1, -0.05) is 34.1 Å². The third-order valence-electron chi connectivity index (χ3n) is 2.99. The minimum atomic E-state index is -3.13. The van der Waals surface area contributed by atoms with Crippen LogP contribution in [0.1, 0.15) is 21.5 Å². The second-order valence-corrected chi connectivity index (χ2v) is 8.13. The fourth-order valence-corrected chi connectivity index (χ4v) is 3.04. The molecule has 0 amide bonds. The van der Waals surface area contributed by atoms with Crippen molar-refractivity contribution in [2.24, 2.45) is 0 Å². The first-order valence-electron chi connectivity index (χ1n) is 6.62. The van der Waals surface area contributed by atoms with E-state index in [1.54, 1.807) is 18.2 Å². The summed E-state index contributed by atoms with van der Waals surface area (Å²) in [6, 6.07) is 10.6. The van der Waals surface area contributed by atoms with Crippen molar-refractivity contribution >= 4 is 31.7 Å². The number of esters is 1. The highest BCUT2D eigenvalue weighted by atomic mass is 79.9. The lowest BCUT2D eigenvalue weighted by molar-refractivity contribution is 0.0469. The average molecular weight is 401 g/mol. The van der Waals surface area contributed by atoms with Crippen LogP contribution in [0.4, 0.5) is 4.39 Å². The van der Waals surface area contributed by atoms with Crippen molar-refractivity contribution in [2.45, 2.75) is 12.4 Å². The van der Waals surface area contributed by atoms with E-state index in [1.165, 1.54) is 24.3 Å². The van der Waals surface area contributed by atoms with Gasteiger partial charge in [-0.25, -0.2) is 17.6 Å². The highest BCUT2D eigenvalue weighted by Gasteiger charge is 2.11. The van der Waals surface area contributed by atoms with Crippen molar-refractivity contribution in [3.05, 3.63) is 69.4 Å². The Balaban J connectivity index is 2.00. The summed E-state index contributed by atoms with van der Waals surface area (Å²) in [7, 11) is -3.13. The van der Waals surface area contributed by atoms with Gasteiger partial charge in [-0.05, 0) is 29.8 Å². The van der Waals surface area contributed by atoms with Gasteiger partial charge in [0.05, 0.1) is 11.3 Å². The predicted octanol–water partition coefficient (Wildman–Crippen LogP) is 3.49. The van der Waals surface area contributed by atoms with E-state index in [0.29, 0.717) is 10.0 Å². The first kappa shape index (κ1) is 17.6. The fourth-order valence-electron chi connectivity index (χ4n) is 1.91. The molecule has 0 aliphatic heterocycles. The van der Waals surface area contributed by atoms with Crippen LogP contribution in [-0.4, -0.2) is 20.6 Å². The van der Waals surface area contributed by atoms with E-state index in [-0.39, 0.29) is 23.5 Å². The van der Waals surface area contributed by atoms with Crippen molar-refractivity contribution in [2.75, 3.05) is 6.26 Å². The highest BCUT2D eigenvalue weighted by molar-refractivity contribution is 9.10. The predicted molar refractivity (Wildman–Crippen MR) is 88.2 cm³/mol. The Morgan fingerprint density at radius 3 is 2.39 bits per heavy atom. The van der Waals surface area contributed by atoms with Gasteiger partial charge in [-0.15, -0.1) is 0 Å². The van der Waals surface area contributed by atoms with Gasteiger partial charge in [0.25, 0.3) is 0 Å². The summed E-state index contributed by atoms with van der Waals surface area (Å²) in [5.74, 6) is -1.15. The van der Waals surface area contributed by atoms with Gasteiger partial charge in [-0.2, -0.15) is 0 Å². The molecule has 0 aromatic heterocycles. The third kappa shape index (κ3) is 5.44. The largest absolute Gasteiger partial charge is 0.457 e. The third-order valence-corrected chi connectivity index (χ3v) is 4.34. The summed E-state index contributed by atoms with van der Waals surface area (Å²) in [6.07, 6.45) is 1.14. The number of benzene rings is 2. The SMILES string of the molecule is CS(=O)(=O)Cc1ccc(C(=O)OCc2ccc(Br)cc2F)cc1. The number of ether oxygens (including phenoxy) is 1. The minimum Gasteiger partial charge on any atom is -0.457 e. The molecule has 0 unspecified atom stereocenters. The Kier molecular flexibility index (Phi) is 5.54. The van der Waals surface area contributed by atoms with Crippen LogP contribution in [-0.2, 0) is 26.9 Å². The molecule has 0 fully saturated rings. The first-order valence-corrected chi connectivity index (χ1v) is 9.48. The maximum Gasteiger partial charge on any atom is 0.338 e. The van der Waals surface area contributed by atoms with Crippen LogP contribution in [0.25, 0.3) is 0 Å². The average Bonchev–Trinajstić information content (AvgIpc) is 2.45. The van der Waals surface area contributed by atoms with Gasteiger partial charge >= 0.3 is 5.97 Å². The molecule has 0 N–H and O–H groups in total. The summed E-state index contributed by atoms with van der Waals surface area (Å²) in [4.78, 5) is 11.9. The van der Waals surface area contributed by atoms with Crippen LogP contribution in [0.15, 0.2) is 46.9 Å². The molecule has 7 heteroatoms. The molecule has 2 rings (SSSR count). The summed E-state index contributed by atoms with van der Waals surface area (Å²) in [5, 5.41) is 0. The number of halogens is 2. The van der Waals surface area contributed by atoms with Gasteiger partial charge in [0.15, 0.2) is 9.84 Å². The van der Waals surface area contributed by atoms with Crippen molar-refractivity contribution < 1.29 is 22.3 Å². The van der Waals surface area contributed by atoms with Gasteiger partial charge in [0.1, 0.15) is 12.4 Å². The molecule has 2 aromatic carbocycles. The summed E-state index contributed by atoms with van der Waals surface area (Å²) >= 11 is 3.15. The molecule has 0 saturated heterocycles. The number of hydrogen-bond donors (Lipinski definition) is 0. The molecule has 0 radical (unpaired) electrons. The molecule has 0 atom stereocenters. The number of hydrogen-bond acceptors (Lipinski definition) is 4. The Hall–Kier alpha value is -1.73. The molecule has 0 spiro atoms. The maximum atomic E-state index is 13.6. The summed E-state index contributed by atoms with van der Waals surface area (Å²) in [6.45, 7) is -0.178. The molecule has 0 aliphatic rings. The van der Waals surface area contributed by atoms with E-state index < -0.39 is 21.6 Å². The zero-order chi connectivity index (χ0) is 17.0. The molecule has 23 heavy (non-hydrogen) atoms. The smallest absolute Gasteiger partial charge is 0.338 e. The van der Waals surface area contributed by atoms with Gasteiger partial charge in [-0.3, -0.25) is 0 Å². The van der Waals surface area contributed by atoms with Gasteiger partial charge in [0.2, 0.25) is 0 Å². The van der Waals surface area contributed by atoms with Gasteiger partial charge < -0.3 is 4.74 Å². The van der Waals surface area contributed by atoms with E-state index in [2.05, 4.69) is 15.9 Å². The van der Waals surface area contributed by atoms with Crippen LogP contribution in [0.3, 0.4) is 0 Å². The van der Waals surface area contributed by atoms with E-state index in [1.807, 2.05) is 0 Å². The quantitative estimate of drug-likeness (QED) is 0.720. The van der Waals surface area contributed by atoms with Crippen LogP contribution >= 0.6 is 15.9 Å². The second kappa shape index (κ2) is 7.23. The molecule has 0 aliphatic carbocycles. The zero-order valence-corrected chi connectivity index (χ0v) is 14.7. The van der Waals surface area contributed by atoms with Crippen LogP contribution in [0.5, 0.6) is 0 Å². The Morgan fingerprint density at radius 2 is 1.83 bits per heavy atom. The minimum absolute atomic E-state index is 0.0908. The molecular weight excluding hydrogens is 387 g/mol. The van der Waals surface area contributed by atoms with Crippen molar-refractivity contribution in [3.63, 3.8) is 0 Å². The topological polar surface area (TPSA) is 60.4 Å². The van der Waals surface area contributed by atoms with E-state index in [0.717, 1.165) is 6.26 Å². The van der Waals surface area contributed by atoms with Crippen molar-refractivity contribution in [3.8, 4) is 0 Å². The van der Waals surface area contributed by atoms with Crippen molar-refractivity contribution in [1.29, 1.82) is 0 Å². The molecule has 2 aromatic rings. The summed E-state index contributed by atoms with van der Waals surface area (Å²) in [5.41, 5.74) is 1.14. The highest BCUT2D eigenvalue weighted by Crippen LogP contribution is 2.17. The lowest BCUT2D eigenvalue weighted by Crippen LogP contribution is -2.07. The van der Waals surface area contributed by atoms with E-state index >= 15 is 0 Å². The number of carbonyl (C=O) groups is 1. The molecule has 0 saturated carbocycles. The number of carbonyl (C=O) groups excluding carboxylic acids is 1. The summed E-state index contributed by atoms with van der Waals surface area (Å²) < 4.78 is 41.7. The standard InChI is InChI=1S/C16H14BrFO4S/c1-23(20,21)10-11-2-4-12(5-3-11)16(19)22-9-13-6-7-14(17)8-15(13)18/h2-8H,9-10H2,1H3. The zero-order valence-electron chi connectivity index (χ0n) is 12.3. The molecule has 122 valence electrons. The normalized spacial score (nSPS) is 11.3. The van der Waals surface area contributed by atoms with Crippen LogP contribution in [0.2, 0.25) is 0 Å². The molecular formula is C16H14BrFO4S. The van der Waals surface area contributed by atoms with Crippen molar-refractivity contribution in [1.82, 2.24) is 0 Å². The van der Waals surface area contributed by atoms with Crippen LogP contribution < -0.4 is 0 Å². The number of rotatable bonds is 5. The Morgan fingerprint density at radius 1 is 1.17 bits per heavy atom.